The van der Waals surface area contributed by atoms with Gasteiger partial charge < -0.3 is 9.64 Å². The summed E-state index contributed by atoms with van der Waals surface area (Å²) < 4.78 is 61.1. The van der Waals surface area contributed by atoms with Gasteiger partial charge in [-0.2, -0.15) is 13.2 Å². The Labute approximate surface area is 238 Å². The Hall–Kier alpha value is -4.80. The van der Waals surface area contributed by atoms with Crippen molar-refractivity contribution >= 4 is 11.7 Å². The topological polar surface area (TPSA) is 72.6 Å². The summed E-state index contributed by atoms with van der Waals surface area (Å²) in [6, 6.07) is 20.3. The normalized spacial score (nSPS) is 14.3. The third kappa shape index (κ3) is 5.67. The van der Waals surface area contributed by atoms with Gasteiger partial charge in [0.05, 0.1) is 17.1 Å². The van der Waals surface area contributed by atoms with Crippen LogP contribution in [0.15, 0.2) is 85.2 Å². The van der Waals surface area contributed by atoms with Crippen molar-refractivity contribution in [2.24, 2.45) is 0 Å². The number of alkyl halides is 3. The fourth-order valence-electron chi connectivity index (χ4n) is 5.20. The number of amides is 1. The fourth-order valence-corrected chi connectivity index (χ4v) is 5.20. The second-order valence-electron chi connectivity index (χ2n) is 10.1. The smallest absolute Gasteiger partial charge is 0.445 e. The van der Waals surface area contributed by atoms with Gasteiger partial charge in [0.15, 0.2) is 0 Å². The van der Waals surface area contributed by atoms with Crippen LogP contribution in [0.3, 0.4) is 0 Å². The molecule has 3 aromatic heterocycles. The minimum absolute atomic E-state index is 0.0409. The van der Waals surface area contributed by atoms with Gasteiger partial charge in [-0.3, -0.25) is 4.40 Å². The molecule has 5 aromatic rings. The standard InChI is InChI=1S/C31H25F4N5O2/c32-24-8-6-22(7-9-24)27-28(25-10-14-36-29(37-25)31(33,34)35)40-17-13-23(18-26(40)38-27)21-11-15-39(16-12-21)30(41)42-19-20-4-2-1-3-5-20/h1-10,13-14,17-18,21H,11-12,15-16,19H2. The number of halogens is 4. The monoisotopic (exact) mass is 575 g/mol. The molecule has 2 aromatic carbocycles. The second kappa shape index (κ2) is 11.2. The van der Waals surface area contributed by atoms with Crippen LogP contribution in [0.4, 0.5) is 22.4 Å². The van der Waals surface area contributed by atoms with Crippen molar-refractivity contribution in [2.75, 3.05) is 13.1 Å². The average molecular weight is 576 g/mol. The van der Waals surface area contributed by atoms with Crippen molar-refractivity contribution in [3.05, 3.63) is 108 Å². The summed E-state index contributed by atoms with van der Waals surface area (Å²) >= 11 is 0. The number of nitrogens with zero attached hydrogens (tertiary/aromatic N) is 5. The molecule has 0 spiro atoms. The fraction of sp³-hybridized carbons (Fsp3) is 0.226. The number of aromatic nitrogens is 4. The molecule has 214 valence electrons. The highest BCUT2D eigenvalue weighted by atomic mass is 19.4. The summed E-state index contributed by atoms with van der Waals surface area (Å²) in [5, 5.41) is 0. The van der Waals surface area contributed by atoms with Crippen molar-refractivity contribution < 1.29 is 27.1 Å². The first-order valence-electron chi connectivity index (χ1n) is 13.4. The molecule has 0 atom stereocenters. The Balaban J connectivity index is 1.26. The molecular weight excluding hydrogens is 550 g/mol. The number of piperidine rings is 1. The Morgan fingerprint density at radius 3 is 2.40 bits per heavy atom. The molecule has 0 bridgehead atoms. The second-order valence-corrected chi connectivity index (χ2v) is 10.1. The molecule has 1 amide bonds. The third-order valence-electron chi connectivity index (χ3n) is 7.35. The van der Waals surface area contributed by atoms with Gasteiger partial charge in [-0.15, -0.1) is 0 Å². The van der Waals surface area contributed by atoms with Crippen molar-refractivity contribution in [2.45, 2.75) is 31.5 Å². The van der Waals surface area contributed by atoms with Crippen molar-refractivity contribution in [3.8, 4) is 22.6 Å². The molecule has 0 saturated carbocycles. The van der Waals surface area contributed by atoms with Crippen LogP contribution in [0, 0.1) is 5.82 Å². The Morgan fingerprint density at radius 1 is 0.952 bits per heavy atom. The van der Waals surface area contributed by atoms with E-state index in [2.05, 4.69) is 9.97 Å². The first kappa shape index (κ1) is 27.4. The van der Waals surface area contributed by atoms with Crippen molar-refractivity contribution in [3.63, 3.8) is 0 Å². The Kier molecular flexibility index (Phi) is 7.32. The predicted octanol–water partition coefficient (Wildman–Crippen LogP) is 7.13. The molecule has 11 heteroatoms. The molecule has 1 aliphatic heterocycles. The molecule has 0 unspecified atom stereocenters. The molecule has 7 nitrogen and oxygen atoms in total. The summed E-state index contributed by atoms with van der Waals surface area (Å²) in [5.74, 6) is -1.55. The summed E-state index contributed by atoms with van der Waals surface area (Å²) in [5.41, 5.74) is 3.72. The van der Waals surface area contributed by atoms with E-state index in [1.54, 1.807) is 15.5 Å². The number of likely N-dealkylation sites (tertiary alicyclic amines) is 1. The lowest BCUT2D eigenvalue weighted by molar-refractivity contribution is -0.144. The lowest BCUT2D eigenvalue weighted by Gasteiger charge is -2.31. The number of carbonyl (C=O) groups excluding carboxylic acids is 1. The zero-order valence-corrected chi connectivity index (χ0v) is 22.3. The van der Waals surface area contributed by atoms with Crippen LogP contribution < -0.4 is 0 Å². The predicted molar refractivity (Wildman–Crippen MR) is 147 cm³/mol. The van der Waals surface area contributed by atoms with Gasteiger partial charge in [0.2, 0.25) is 5.82 Å². The highest BCUT2D eigenvalue weighted by Crippen LogP contribution is 2.36. The minimum atomic E-state index is -4.72. The number of rotatable bonds is 5. The largest absolute Gasteiger partial charge is 0.451 e. The highest BCUT2D eigenvalue weighted by Gasteiger charge is 2.35. The molecule has 0 radical (unpaired) electrons. The molecule has 6 rings (SSSR count). The zero-order chi connectivity index (χ0) is 29.3. The van der Waals surface area contributed by atoms with Crippen molar-refractivity contribution in [1.82, 2.24) is 24.3 Å². The van der Waals surface area contributed by atoms with Crippen LogP contribution in [0.1, 0.15) is 35.7 Å². The van der Waals surface area contributed by atoms with Gasteiger partial charge in [0.25, 0.3) is 0 Å². The Bertz CT molecular complexity index is 1710. The quantitative estimate of drug-likeness (QED) is 0.209. The van der Waals surface area contributed by atoms with Crippen molar-refractivity contribution in [1.29, 1.82) is 0 Å². The summed E-state index contributed by atoms with van der Waals surface area (Å²) in [6.07, 6.45) is -0.812. The maximum atomic E-state index is 13.7. The number of hydrogen-bond acceptors (Lipinski definition) is 5. The number of benzene rings is 2. The maximum Gasteiger partial charge on any atom is 0.451 e. The van der Waals surface area contributed by atoms with E-state index < -0.39 is 17.8 Å². The van der Waals surface area contributed by atoms with E-state index in [1.807, 2.05) is 42.5 Å². The van der Waals surface area contributed by atoms with Gasteiger partial charge in [-0.25, -0.2) is 24.1 Å². The number of carbonyl (C=O) groups is 1. The third-order valence-corrected chi connectivity index (χ3v) is 7.35. The summed E-state index contributed by atoms with van der Waals surface area (Å²) in [7, 11) is 0. The van der Waals surface area contributed by atoms with Crippen LogP contribution >= 0.6 is 0 Å². The molecule has 1 saturated heterocycles. The minimum Gasteiger partial charge on any atom is -0.445 e. The van der Waals surface area contributed by atoms with Crippen LogP contribution in [0.2, 0.25) is 0 Å². The first-order valence-corrected chi connectivity index (χ1v) is 13.4. The van der Waals surface area contributed by atoms with E-state index in [0.717, 1.165) is 30.2 Å². The number of imidazole rings is 1. The van der Waals surface area contributed by atoms with E-state index in [9.17, 15) is 22.4 Å². The molecule has 1 fully saturated rings. The van der Waals surface area contributed by atoms with Gasteiger partial charge in [-0.1, -0.05) is 30.3 Å². The van der Waals surface area contributed by atoms with Crippen LogP contribution in [-0.4, -0.2) is 43.4 Å². The SMILES string of the molecule is O=C(OCc1ccccc1)N1CCC(c2ccn3c(-c4ccnc(C(F)(F)F)n4)c(-c4ccc(F)cc4)nc3c2)CC1. The Morgan fingerprint density at radius 2 is 1.69 bits per heavy atom. The van der Waals surface area contributed by atoms with E-state index >= 15 is 0 Å². The van der Waals surface area contributed by atoms with Crippen LogP contribution in [-0.2, 0) is 17.5 Å². The van der Waals surface area contributed by atoms with E-state index in [0.29, 0.717) is 35.7 Å². The molecule has 42 heavy (non-hydrogen) atoms. The van der Waals surface area contributed by atoms with Gasteiger partial charge in [0.1, 0.15) is 18.1 Å². The van der Waals surface area contributed by atoms with Gasteiger partial charge in [-0.05, 0) is 72.4 Å². The van der Waals surface area contributed by atoms with E-state index in [4.69, 9.17) is 9.72 Å². The van der Waals surface area contributed by atoms with E-state index in [1.165, 1.54) is 30.3 Å². The lowest BCUT2D eigenvalue weighted by atomic mass is 9.90. The molecule has 0 N–H and O–H groups in total. The first-order chi connectivity index (χ1) is 20.3. The van der Waals surface area contributed by atoms with Crippen LogP contribution in [0.5, 0.6) is 0 Å². The van der Waals surface area contributed by atoms with Crippen LogP contribution in [0.25, 0.3) is 28.3 Å². The van der Waals surface area contributed by atoms with Gasteiger partial charge >= 0.3 is 12.3 Å². The lowest BCUT2D eigenvalue weighted by Crippen LogP contribution is -2.38. The summed E-state index contributed by atoms with van der Waals surface area (Å²) in [4.78, 5) is 26.2. The number of hydrogen-bond donors (Lipinski definition) is 0. The maximum absolute atomic E-state index is 13.7. The zero-order valence-electron chi connectivity index (χ0n) is 22.3. The molecular formula is C31H25F4N5O2. The summed E-state index contributed by atoms with van der Waals surface area (Å²) in [6.45, 7) is 1.28. The number of fused-ring (bicyclic) bond motifs is 1. The van der Waals surface area contributed by atoms with Gasteiger partial charge in [0, 0.05) is 31.0 Å². The number of pyridine rings is 1. The number of ether oxygens (including phenoxy) is 1. The highest BCUT2D eigenvalue weighted by molar-refractivity contribution is 5.80. The molecule has 0 aliphatic carbocycles. The molecule has 4 heterocycles. The molecule has 1 aliphatic rings. The van der Waals surface area contributed by atoms with E-state index in [-0.39, 0.29) is 24.3 Å². The average Bonchev–Trinajstić information content (AvgIpc) is 3.39.